The van der Waals surface area contributed by atoms with Gasteiger partial charge in [0.15, 0.2) is 0 Å². The van der Waals surface area contributed by atoms with E-state index < -0.39 is 17.9 Å². The van der Waals surface area contributed by atoms with E-state index in [4.69, 9.17) is 5.11 Å². The monoisotopic (exact) mass is 340 g/mol. The van der Waals surface area contributed by atoms with Crippen LogP contribution in [0.15, 0.2) is 39.9 Å². The number of imide groups is 1. The molecule has 7 heteroatoms. The minimum Gasteiger partial charge on any atom is -0.478 e. The van der Waals surface area contributed by atoms with Crippen LogP contribution >= 0.6 is 15.9 Å². The number of carbonyl (C=O) groups excluding carboxylic acids is 2. The molecule has 0 aliphatic rings. The minimum atomic E-state index is -1.20. The zero-order valence-corrected chi connectivity index (χ0v) is 12.4. The Bertz CT molecular complexity index is 579. The third-order valence-electron chi connectivity index (χ3n) is 2.55. The first-order chi connectivity index (χ1) is 9.31. The van der Waals surface area contributed by atoms with E-state index in [0.29, 0.717) is 5.69 Å². The molecule has 1 aromatic rings. The fourth-order valence-corrected chi connectivity index (χ4v) is 1.49. The van der Waals surface area contributed by atoms with Crippen molar-refractivity contribution in [3.63, 3.8) is 0 Å². The Kier molecular flexibility index (Phi) is 5.45. The van der Waals surface area contributed by atoms with Crippen molar-refractivity contribution in [2.75, 3.05) is 5.32 Å². The highest BCUT2D eigenvalue weighted by Gasteiger charge is 2.15. The summed E-state index contributed by atoms with van der Waals surface area (Å²) in [4.78, 5) is 33.9. The number of carbonyl (C=O) groups is 3. The summed E-state index contributed by atoms with van der Waals surface area (Å²) in [5, 5.41) is 13.3. The van der Waals surface area contributed by atoms with Gasteiger partial charge in [0.25, 0.3) is 5.91 Å². The smallest absolute Gasteiger partial charge is 0.331 e. The van der Waals surface area contributed by atoms with Gasteiger partial charge >= 0.3 is 12.0 Å². The van der Waals surface area contributed by atoms with Crippen molar-refractivity contribution in [3.8, 4) is 0 Å². The maximum absolute atomic E-state index is 11.6. The summed E-state index contributed by atoms with van der Waals surface area (Å²) in [6, 6.07) is 6.04. The van der Waals surface area contributed by atoms with Gasteiger partial charge in [-0.15, -0.1) is 0 Å². The normalized spacial score (nSPS) is 11.3. The summed E-state index contributed by atoms with van der Waals surface area (Å²) in [7, 11) is 0. The number of carboxylic acids is 1. The molecule has 0 aliphatic heterocycles. The SMILES string of the molecule is CC(C(=O)O)=C(C)C(=O)NC(=O)Nc1ccc(Br)cc1. The molecule has 0 saturated carbocycles. The number of rotatable bonds is 3. The third kappa shape index (κ3) is 4.51. The van der Waals surface area contributed by atoms with Gasteiger partial charge < -0.3 is 10.4 Å². The van der Waals surface area contributed by atoms with Crippen LogP contribution in [0.4, 0.5) is 10.5 Å². The lowest BCUT2D eigenvalue weighted by atomic mass is 10.1. The van der Waals surface area contributed by atoms with Crippen molar-refractivity contribution >= 4 is 39.5 Å². The second-order valence-corrected chi connectivity index (χ2v) is 4.89. The molecular weight excluding hydrogens is 328 g/mol. The molecule has 0 aromatic heterocycles. The van der Waals surface area contributed by atoms with Gasteiger partial charge in [-0.3, -0.25) is 10.1 Å². The zero-order valence-electron chi connectivity index (χ0n) is 10.9. The number of aliphatic carboxylic acids is 1. The zero-order chi connectivity index (χ0) is 15.3. The van der Waals surface area contributed by atoms with E-state index >= 15 is 0 Å². The second-order valence-electron chi connectivity index (χ2n) is 3.97. The maximum Gasteiger partial charge on any atom is 0.331 e. The van der Waals surface area contributed by atoms with Crippen LogP contribution in [0.1, 0.15) is 13.8 Å². The quantitative estimate of drug-likeness (QED) is 0.736. The summed E-state index contributed by atoms with van der Waals surface area (Å²) in [5.74, 6) is -1.95. The van der Waals surface area contributed by atoms with Crippen LogP contribution < -0.4 is 10.6 Å². The fourth-order valence-electron chi connectivity index (χ4n) is 1.22. The summed E-state index contributed by atoms with van der Waals surface area (Å²) >= 11 is 3.26. The third-order valence-corrected chi connectivity index (χ3v) is 3.08. The summed E-state index contributed by atoms with van der Waals surface area (Å²) < 4.78 is 0.857. The number of halogens is 1. The van der Waals surface area contributed by atoms with Gasteiger partial charge in [-0.25, -0.2) is 9.59 Å². The molecule has 0 heterocycles. The molecule has 106 valence electrons. The molecule has 20 heavy (non-hydrogen) atoms. The molecular formula is C13H13BrN2O4. The Labute approximate surface area is 124 Å². The van der Waals surface area contributed by atoms with Crippen molar-refractivity contribution in [2.24, 2.45) is 0 Å². The maximum atomic E-state index is 11.6. The second kappa shape index (κ2) is 6.85. The predicted octanol–water partition coefficient (Wildman–Crippen LogP) is 2.52. The molecule has 0 saturated heterocycles. The first kappa shape index (κ1) is 15.9. The Morgan fingerprint density at radius 1 is 1.05 bits per heavy atom. The average molecular weight is 341 g/mol. The first-order valence-corrected chi connectivity index (χ1v) is 6.39. The van der Waals surface area contributed by atoms with Crippen LogP contribution in [0.25, 0.3) is 0 Å². The number of nitrogens with one attached hydrogen (secondary N) is 2. The van der Waals surface area contributed by atoms with Gasteiger partial charge in [0, 0.05) is 21.3 Å². The van der Waals surface area contributed by atoms with Crippen molar-refractivity contribution in [1.82, 2.24) is 5.32 Å². The molecule has 3 N–H and O–H groups in total. The van der Waals surface area contributed by atoms with Gasteiger partial charge in [0.05, 0.1) is 0 Å². The van der Waals surface area contributed by atoms with E-state index in [-0.39, 0.29) is 11.1 Å². The van der Waals surface area contributed by atoms with E-state index in [2.05, 4.69) is 26.6 Å². The Hall–Kier alpha value is -2.15. The van der Waals surface area contributed by atoms with Crippen molar-refractivity contribution in [1.29, 1.82) is 0 Å². The highest BCUT2D eigenvalue weighted by atomic mass is 79.9. The molecule has 3 amide bonds. The lowest BCUT2D eigenvalue weighted by Gasteiger charge is -2.08. The van der Waals surface area contributed by atoms with Crippen molar-refractivity contribution in [3.05, 3.63) is 39.9 Å². The molecule has 0 unspecified atom stereocenters. The van der Waals surface area contributed by atoms with E-state index in [1.807, 2.05) is 0 Å². The molecule has 6 nitrogen and oxygen atoms in total. The van der Waals surface area contributed by atoms with Gasteiger partial charge in [0.2, 0.25) is 0 Å². The topological polar surface area (TPSA) is 95.5 Å². The van der Waals surface area contributed by atoms with Crippen LogP contribution in [-0.2, 0) is 9.59 Å². The van der Waals surface area contributed by atoms with E-state index in [9.17, 15) is 14.4 Å². The predicted molar refractivity (Wildman–Crippen MR) is 77.3 cm³/mol. The van der Waals surface area contributed by atoms with Crippen molar-refractivity contribution < 1.29 is 19.5 Å². The molecule has 1 rings (SSSR count). The van der Waals surface area contributed by atoms with Gasteiger partial charge in [0.1, 0.15) is 0 Å². The fraction of sp³-hybridized carbons (Fsp3) is 0.154. The molecule has 0 atom stereocenters. The highest BCUT2D eigenvalue weighted by molar-refractivity contribution is 9.10. The minimum absolute atomic E-state index is 0.0246. The number of carboxylic acid groups (broad SMARTS) is 1. The van der Waals surface area contributed by atoms with Gasteiger partial charge in [-0.2, -0.15) is 0 Å². The van der Waals surface area contributed by atoms with Crippen LogP contribution in [0.5, 0.6) is 0 Å². The molecule has 0 bridgehead atoms. The van der Waals surface area contributed by atoms with Crippen LogP contribution in [0, 0.1) is 0 Å². The van der Waals surface area contributed by atoms with E-state index in [0.717, 1.165) is 4.47 Å². The standard InChI is InChI=1S/C13H13BrN2O4/c1-7(8(2)12(18)19)11(17)16-13(20)15-10-5-3-9(14)4-6-10/h3-6H,1-2H3,(H,18,19)(H2,15,16,17,20). The number of hydrogen-bond donors (Lipinski definition) is 3. The Balaban J connectivity index is 2.67. The molecule has 0 fully saturated rings. The van der Waals surface area contributed by atoms with Crippen LogP contribution in [-0.4, -0.2) is 23.0 Å². The van der Waals surface area contributed by atoms with Crippen LogP contribution in [0.2, 0.25) is 0 Å². The van der Waals surface area contributed by atoms with Crippen LogP contribution in [0.3, 0.4) is 0 Å². The van der Waals surface area contributed by atoms with Gasteiger partial charge in [-0.05, 0) is 38.1 Å². The number of urea groups is 1. The van der Waals surface area contributed by atoms with Gasteiger partial charge in [-0.1, -0.05) is 15.9 Å². The lowest BCUT2D eigenvalue weighted by Crippen LogP contribution is -2.35. The van der Waals surface area contributed by atoms with Crippen molar-refractivity contribution in [2.45, 2.75) is 13.8 Å². The Morgan fingerprint density at radius 3 is 2.10 bits per heavy atom. The number of anilines is 1. The number of amides is 3. The molecule has 1 aromatic carbocycles. The summed E-state index contributed by atoms with van der Waals surface area (Å²) in [6.07, 6.45) is 0. The number of hydrogen-bond acceptors (Lipinski definition) is 3. The lowest BCUT2D eigenvalue weighted by molar-refractivity contribution is -0.133. The molecule has 0 aliphatic carbocycles. The summed E-state index contributed by atoms with van der Waals surface area (Å²) in [6.45, 7) is 2.63. The largest absolute Gasteiger partial charge is 0.478 e. The molecule has 0 radical (unpaired) electrons. The molecule has 0 spiro atoms. The highest BCUT2D eigenvalue weighted by Crippen LogP contribution is 2.13. The summed E-state index contributed by atoms with van der Waals surface area (Å²) in [5.41, 5.74) is 0.373. The first-order valence-electron chi connectivity index (χ1n) is 5.60. The number of benzene rings is 1. The van der Waals surface area contributed by atoms with E-state index in [1.54, 1.807) is 24.3 Å². The average Bonchev–Trinajstić information content (AvgIpc) is 2.39. The van der Waals surface area contributed by atoms with E-state index in [1.165, 1.54) is 13.8 Å². The Morgan fingerprint density at radius 2 is 1.60 bits per heavy atom.